The Balaban J connectivity index is 1.15. The second-order valence-electron chi connectivity index (χ2n) is 12.4. The maximum atomic E-state index is 8.79. The van der Waals surface area contributed by atoms with Crippen LogP contribution >= 0.6 is 11.3 Å². The summed E-state index contributed by atoms with van der Waals surface area (Å²) in [5.41, 5.74) is 5.82. The fourth-order valence-electron chi connectivity index (χ4n) is 7.34. The van der Waals surface area contributed by atoms with Crippen molar-refractivity contribution in [1.82, 2.24) is 19.5 Å². The van der Waals surface area contributed by atoms with E-state index in [1.54, 1.807) is 11.3 Å². The predicted molar refractivity (Wildman–Crippen MR) is 211 cm³/mol. The predicted octanol–water partition coefficient (Wildman–Crippen LogP) is 12.2. The van der Waals surface area contributed by atoms with E-state index >= 15 is 0 Å². The lowest BCUT2D eigenvalue weighted by Crippen LogP contribution is -2.00. The molecule has 4 aromatic heterocycles. The van der Waals surface area contributed by atoms with Crippen LogP contribution < -0.4 is 0 Å². The van der Waals surface area contributed by atoms with Gasteiger partial charge in [0.15, 0.2) is 17.5 Å². The number of nitrogens with zero attached hydrogens (tertiary/aromatic N) is 4. The van der Waals surface area contributed by atoms with Gasteiger partial charge in [0.05, 0.1) is 29.0 Å². The fraction of sp³-hybridized carbons (Fsp3) is 0. The van der Waals surface area contributed by atoms with Gasteiger partial charge in [-0.05, 0) is 48.5 Å². The Kier molecular flexibility index (Phi) is 5.08. The van der Waals surface area contributed by atoms with E-state index in [9.17, 15) is 0 Å². The summed E-state index contributed by atoms with van der Waals surface area (Å²) in [7, 11) is 0. The van der Waals surface area contributed by atoms with Crippen molar-refractivity contribution in [3.63, 3.8) is 0 Å². The maximum absolute atomic E-state index is 8.79. The van der Waals surface area contributed by atoms with Gasteiger partial charge in [-0.1, -0.05) is 109 Å². The first-order valence-electron chi connectivity index (χ1n) is 19.0. The molecular weight excluding hydrogens is 645 g/mol. The van der Waals surface area contributed by atoms with Gasteiger partial charge >= 0.3 is 0 Å². The molecule has 6 heteroatoms. The molecule has 5 nitrogen and oxygen atoms in total. The zero-order chi connectivity index (χ0) is 37.8. The minimum atomic E-state index is -0.482. The van der Waals surface area contributed by atoms with Crippen LogP contribution in [0.25, 0.3) is 104 Å². The fourth-order valence-corrected chi connectivity index (χ4v) is 8.55. The highest BCUT2D eigenvalue weighted by molar-refractivity contribution is 7.26. The first-order chi connectivity index (χ1) is 27.4. The Labute approximate surface area is 302 Å². The van der Waals surface area contributed by atoms with E-state index in [0.717, 1.165) is 58.8 Å². The molecule has 0 unspecified atom stereocenters. The van der Waals surface area contributed by atoms with E-state index in [4.69, 9.17) is 26.2 Å². The van der Waals surface area contributed by atoms with Crippen molar-refractivity contribution in [1.29, 1.82) is 0 Å². The number of thiophene rings is 1. The van der Waals surface area contributed by atoms with Crippen LogP contribution in [0.2, 0.25) is 0 Å². The Morgan fingerprint density at radius 1 is 0.529 bits per heavy atom. The van der Waals surface area contributed by atoms with E-state index in [1.165, 1.54) is 10.8 Å². The van der Waals surface area contributed by atoms with Crippen LogP contribution in [0.3, 0.4) is 0 Å². The van der Waals surface area contributed by atoms with Crippen LogP contribution in [-0.4, -0.2) is 19.5 Å². The first kappa shape index (κ1) is 23.7. The molecule has 0 aliphatic heterocycles. The van der Waals surface area contributed by atoms with Crippen LogP contribution in [-0.2, 0) is 0 Å². The summed E-state index contributed by atoms with van der Waals surface area (Å²) in [6, 6.07) is 40.7. The number of hydrogen-bond acceptors (Lipinski definition) is 5. The zero-order valence-electron chi connectivity index (χ0n) is 31.7. The van der Waals surface area contributed by atoms with Crippen molar-refractivity contribution < 1.29 is 11.3 Å². The Hall–Kier alpha value is -6.63. The molecule has 0 fully saturated rings. The van der Waals surface area contributed by atoms with Gasteiger partial charge < -0.3 is 8.98 Å². The summed E-state index contributed by atoms with van der Waals surface area (Å²) in [5.74, 6) is 0.589. The normalized spacial score (nSPS) is 13.3. The summed E-state index contributed by atoms with van der Waals surface area (Å²) in [4.78, 5) is 14.7. The van der Waals surface area contributed by atoms with Gasteiger partial charge in [0.25, 0.3) is 0 Å². The molecule has 11 aromatic rings. The van der Waals surface area contributed by atoms with Crippen molar-refractivity contribution in [2.45, 2.75) is 0 Å². The topological polar surface area (TPSA) is 56.7 Å². The van der Waals surface area contributed by atoms with Crippen LogP contribution in [0.15, 0.2) is 162 Å². The highest BCUT2D eigenvalue weighted by atomic mass is 32.1. The van der Waals surface area contributed by atoms with E-state index in [0.29, 0.717) is 17.0 Å². The molecule has 0 atom stereocenters. The number of aromatic nitrogens is 4. The SMILES string of the molecule is [2H]c1c([2H])c([2H])c(-c2nc(-c3ccc4c(c3)oc3cccc(-n5c6ccccc6c6ccccc65)c34)nc(-c3cccc4c3sc3ccccc34)n2)c([2H])c1[2H]. The third-order valence-corrected chi connectivity index (χ3v) is 10.8. The summed E-state index contributed by atoms with van der Waals surface area (Å²) >= 11 is 1.63. The van der Waals surface area contributed by atoms with Gasteiger partial charge in [-0.15, -0.1) is 11.3 Å². The number of para-hydroxylation sites is 2. The van der Waals surface area contributed by atoms with Gasteiger partial charge in [-0.2, -0.15) is 0 Å². The molecule has 0 aliphatic carbocycles. The second-order valence-corrected chi connectivity index (χ2v) is 13.5. The van der Waals surface area contributed by atoms with Gasteiger partial charge in [0, 0.05) is 53.0 Å². The molecule has 51 heavy (non-hydrogen) atoms. The lowest BCUT2D eigenvalue weighted by molar-refractivity contribution is 0.669. The van der Waals surface area contributed by atoms with Crippen molar-refractivity contribution in [3.05, 3.63) is 158 Å². The first-order valence-corrected chi connectivity index (χ1v) is 17.4. The molecule has 7 aromatic carbocycles. The molecule has 0 radical (unpaired) electrons. The smallest absolute Gasteiger partial charge is 0.165 e. The van der Waals surface area contributed by atoms with E-state index in [-0.39, 0.29) is 29.3 Å². The largest absolute Gasteiger partial charge is 0.456 e. The van der Waals surface area contributed by atoms with Gasteiger partial charge in [0.1, 0.15) is 11.2 Å². The summed E-state index contributed by atoms with van der Waals surface area (Å²) < 4.78 is 53.5. The Morgan fingerprint density at radius 2 is 1.20 bits per heavy atom. The van der Waals surface area contributed by atoms with Crippen LogP contribution in [0.1, 0.15) is 6.85 Å². The lowest BCUT2D eigenvalue weighted by Gasteiger charge is -2.10. The molecule has 11 rings (SSSR count). The molecule has 0 amide bonds. The quantitative estimate of drug-likeness (QED) is 0.186. The zero-order valence-corrected chi connectivity index (χ0v) is 27.5. The lowest BCUT2D eigenvalue weighted by atomic mass is 10.1. The van der Waals surface area contributed by atoms with Crippen molar-refractivity contribution in [2.24, 2.45) is 0 Å². The van der Waals surface area contributed by atoms with E-state index in [1.807, 2.05) is 54.6 Å². The second kappa shape index (κ2) is 10.9. The molecule has 0 saturated heterocycles. The Morgan fingerprint density at radius 3 is 2.00 bits per heavy atom. The average Bonchev–Trinajstić information content (AvgIpc) is 3.91. The number of hydrogen-bond donors (Lipinski definition) is 0. The molecule has 0 spiro atoms. The minimum absolute atomic E-state index is 0.0153. The highest BCUT2D eigenvalue weighted by Gasteiger charge is 2.20. The monoisotopic (exact) mass is 675 g/mol. The van der Waals surface area contributed by atoms with Crippen molar-refractivity contribution >= 4 is 75.3 Å². The summed E-state index contributed by atoms with van der Waals surface area (Å²) in [6.45, 7) is 0. The third-order valence-electron chi connectivity index (χ3n) is 9.56. The van der Waals surface area contributed by atoms with E-state index < -0.39 is 18.1 Å². The molecular formula is C45H26N4OS. The molecule has 4 heterocycles. The number of benzene rings is 7. The molecule has 0 aliphatic rings. The standard InChI is InChI=1S/C45H26N4OS/c1-2-12-27(13-3-1)43-46-44(48-45(47-43)34-18-10-17-32-31-16-6-9-23-40(31)51-42(32)34)28-24-25-33-39(26-28)50-38-22-11-21-37(41(33)38)49-35-19-7-4-14-29(35)30-15-5-8-20-36(30)49/h1-26H/i1D,2D,3D,12D,13D. The van der Waals surface area contributed by atoms with Crippen LogP contribution in [0.5, 0.6) is 0 Å². The molecule has 0 bridgehead atoms. The molecule has 0 N–H and O–H groups in total. The number of rotatable bonds is 4. The Bertz CT molecular complexity index is 3380. The highest BCUT2D eigenvalue weighted by Crippen LogP contribution is 2.41. The maximum Gasteiger partial charge on any atom is 0.165 e. The molecule has 238 valence electrons. The number of fused-ring (bicyclic) bond motifs is 9. The van der Waals surface area contributed by atoms with Crippen LogP contribution in [0.4, 0.5) is 0 Å². The van der Waals surface area contributed by atoms with Crippen molar-refractivity contribution in [2.75, 3.05) is 0 Å². The van der Waals surface area contributed by atoms with Crippen LogP contribution in [0, 0.1) is 0 Å². The van der Waals surface area contributed by atoms with Gasteiger partial charge in [0.2, 0.25) is 0 Å². The van der Waals surface area contributed by atoms with Gasteiger partial charge in [-0.25, -0.2) is 15.0 Å². The third kappa shape index (κ3) is 4.30. The minimum Gasteiger partial charge on any atom is -0.456 e. The average molecular weight is 676 g/mol. The van der Waals surface area contributed by atoms with Crippen molar-refractivity contribution in [3.8, 4) is 39.9 Å². The summed E-state index contributed by atoms with van der Waals surface area (Å²) in [6.07, 6.45) is 0. The van der Waals surface area contributed by atoms with E-state index in [2.05, 4.69) is 77.4 Å². The molecule has 0 saturated carbocycles. The van der Waals surface area contributed by atoms with Gasteiger partial charge in [-0.3, -0.25) is 0 Å². The number of furan rings is 1. The summed E-state index contributed by atoms with van der Waals surface area (Å²) in [5, 5.41) is 6.39.